The van der Waals surface area contributed by atoms with Crippen molar-refractivity contribution in [2.75, 3.05) is 40.0 Å². The summed E-state index contributed by atoms with van der Waals surface area (Å²) in [5.41, 5.74) is -0.235. The van der Waals surface area contributed by atoms with Crippen LogP contribution in [0.5, 0.6) is 0 Å². The Kier molecular flexibility index (Phi) is 5.00. The third-order valence-electron chi connectivity index (χ3n) is 6.51. The molecule has 1 aliphatic carbocycles. The van der Waals surface area contributed by atoms with Crippen LogP contribution in [0.4, 0.5) is 0 Å². The average molecular weight is 324 g/mol. The number of ether oxygens (including phenoxy) is 1. The van der Waals surface area contributed by atoms with Crippen molar-refractivity contribution < 1.29 is 14.6 Å². The third-order valence-corrected chi connectivity index (χ3v) is 6.51. The van der Waals surface area contributed by atoms with Crippen molar-refractivity contribution in [3.63, 3.8) is 0 Å². The minimum absolute atomic E-state index is 0.0131. The van der Waals surface area contributed by atoms with E-state index in [0.717, 1.165) is 44.9 Å². The first-order valence-corrected chi connectivity index (χ1v) is 9.16. The van der Waals surface area contributed by atoms with Gasteiger partial charge in [-0.25, -0.2) is 0 Å². The molecule has 2 heterocycles. The first-order chi connectivity index (χ1) is 11.0. The van der Waals surface area contributed by atoms with Gasteiger partial charge in [0.1, 0.15) is 6.61 Å². The summed E-state index contributed by atoms with van der Waals surface area (Å²) < 4.78 is 5.03. The number of rotatable bonds is 4. The van der Waals surface area contributed by atoms with Gasteiger partial charge in [-0.2, -0.15) is 0 Å². The molecule has 0 radical (unpaired) electrons. The molecule has 0 unspecified atom stereocenters. The number of aliphatic hydroxyl groups is 1. The Hall–Kier alpha value is -0.650. The number of amides is 1. The normalized spacial score (nSPS) is 32.0. The van der Waals surface area contributed by atoms with Gasteiger partial charge in [0.05, 0.1) is 12.1 Å². The summed E-state index contributed by atoms with van der Waals surface area (Å²) >= 11 is 0. The summed E-state index contributed by atoms with van der Waals surface area (Å²) in [7, 11) is 1.56. The van der Waals surface area contributed by atoms with Crippen LogP contribution in [0.2, 0.25) is 0 Å². The number of methoxy groups -OCH3 is 1. The van der Waals surface area contributed by atoms with Gasteiger partial charge >= 0.3 is 0 Å². The number of hydrogen-bond acceptors (Lipinski definition) is 4. The van der Waals surface area contributed by atoms with Crippen molar-refractivity contribution in [1.29, 1.82) is 0 Å². The van der Waals surface area contributed by atoms with Crippen molar-refractivity contribution in [2.24, 2.45) is 5.41 Å². The molecule has 1 amide bonds. The second kappa shape index (κ2) is 6.69. The van der Waals surface area contributed by atoms with Crippen LogP contribution in [-0.4, -0.2) is 72.4 Å². The van der Waals surface area contributed by atoms with Gasteiger partial charge in [0.15, 0.2) is 0 Å². The van der Waals surface area contributed by atoms with E-state index in [1.807, 2.05) is 11.8 Å². The highest BCUT2D eigenvalue weighted by Crippen LogP contribution is 2.48. The van der Waals surface area contributed by atoms with Crippen LogP contribution in [-0.2, 0) is 9.53 Å². The summed E-state index contributed by atoms with van der Waals surface area (Å²) in [5.74, 6) is 0.0131. The fourth-order valence-electron chi connectivity index (χ4n) is 5.19. The van der Waals surface area contributed by atoms with Crippen LogP contribution in [0.1, 0.15) is 51.9 Å². The third kappa shape index (κ3) is 3.28. The van der Waals surface area contributed by atoms with E-state index in [0.29, 0.717) is 0 Å². The Balaban J connectivity index is 1.65. The summed E-state index contributed by atoms with van der Waals surface area (Å²) in [4.78, 5) is 17.0. The molecule has 3 aliphatic rings. The minimum atomic E-state index is -0.425. The topological polar surface area (TPSA) is 53.0 Å². The molecule has 1 saturated carbocycles. The molecule has 132 valence electrons. The number of nitrogens with zero attached hydrogens (tertiary/aromatic N) is 2. The lowest BCUT2D eigenvalue weighted by Crippen LogP contribution is -2.49. The monoisotopic (exact) mass is 324 g/mol. The highest BCUT2D eigenvalue weighted by Gasteiger charge is 2.53. The zero-order chi connectivity index (χ0) is 16.5. The first-order valence-electron chi connectivity index (χ1n) is 9.16. The molecule has 0 aromatic rings. The van der Waals surface area contributed by atoms with Gasteiger partial charge in [-0.3, -0.25) is 4.79 Å². The van der Waals surface area contributed by atoms with Crippen LogP contribution in [0, 0.1) is 5.41 Å². The van der Waals surface area contributed by atoms with Crippen molar-refractivity contribution in [3.05, 3.63) is 0 Å². The highest BCUT2D eigenvalue weighted by atomic mass is 16.5. The number of aliphatic hydroxyl groups excluding tert-OH is 1. The molecule has 0 bridgehead atoms. The van der Waals surface area contributed by atoms with E-state index in [9.17, 15) is 9.90 Å². The lowest BCUT2D eigenvalue weighted by atomic mass is 9.74. The highest BCUT2D eigenvalue weighted by molar-refractivity contribution is 5.78. The molecular weight excluding hydrogens is 292 g/mol. The summed E-state index contributed by atoms with van der Waals surface area (Å²) in [6.07, 6.45) is 8.71. The quantitative estimate of drug-likeness (QED) is 0.854. The standard InChI is InChI=1S/C18H32N2O3/c1-17(14-21)12-18(13-20(17)16(22)11-23-2)7-9-19(10-8-18)15-5-3-4-6-15/h15,21H,3-14H2,1-2H3/t17-/m1/s1. The van der Waals surface area contributed by atoms with E-state index in [1.54, 1.807) is 7.11 Å². The minimum Gasteiger partial charge on any atom is -0.394 e. The van der Waals surface area contributed by atoms with E-state index < -0.39 is 5.54 Å². The molecule has 23 heavy (non-hydrogen) atoms. The zero-order valence-electron chi connectivity index (χ0n) is 14.7. The molecule has 1 spiro atoms. The summed E-state index contributed by atoms with van der Waals surface area (Å²) in [6, 6.07) is 0.796. The van der Waals surface area contributed by atoms with Crippen molar-refractivity contribution >= 4 is 5.91 Å². The maximum Gasteiger partial charge on any atom is 0.249 e. The molecule has 0 aromatic carbocycles. The second-order valence-electron chi connectivity index (χ2n) is 8.22. The molecular formula is C18H32N2O3. The van der Waals surface area contributed by atoms with Gasteiger partial charge in [-0.05, 0) is 57.5 Å². The van der Waals surface area contributed by atoms with E-state index in [4.69, 9.17) is 4.74 Å². The van der Waals surface area contributed by atoms with Crippen LogP contribution >= 0.6 is 0 Å². The number of carbonyl (C=O) groups excluding carboxylic acids is 1. The van der Waals surface area contributed by atoms with E-state index in [2.05, 4.69) is 4.90 Å². The Morgan fingerprint density at radius 1 is 1.26 bits per heavy atom. The average Bonchev–Trinajstić information content (AvgIpc) is 3.16. The van der Waals surface area contributed by atoms with E-state index >= 15 is 0 Å². The zero-order valence-corrected chi connectivity index (χ0v) is 14.7. The molecule has 5 heteroatoms. The van der Waals surface area contributed by atoms with Crippen LogP contribution < -0.4 is 0 Å². The lowest BCUT2D eigenvalue weighted by molar-refractivity contribution is -0.140. The lowest BCUT2D eigenvalue weighted by Gasteiger charge is -2.42. The van der Waals surface area contributed by atoms with Gasteiger partial charge in [0.25, 0.3) is 0 Å². The van der Waals surface area contributed by atoms with Crippen LogP contribution in [0.25, 0.3) is 0 Å². The van der Waals surface area contributed by atoms with Gasteiger partial charge in [-0.1, -0.05) is 12.8 Å². The van der Waals surface area contributed by atoms with Crippen molar-refractivity contribution in [2.45, 2.75) is 63.5 Å². The molecule has 0 aromatic heterocycles. The maximum atomic E-state index is 12.4. The number of hydrogen-bond donors (Lipinski definition) is 1. The number of likely N-dealkylation sites (tertiary alicyclic amines) is 2. The molecule has 2 aliphatic heterocycles. The molecule has 1 atom stereocenters. The predicted octanol–water partition coefficient (Wildman–Crippen LogP) is 1.64. The summed E-state index contributed by atoms with van der Waals surface area (Å²) in [6.45, 7) is 5.26. The Labute approximate surface area is 140 Å². The van der Waals surface area contributed by atoms with Gasteiger partial charge in [-0.15, -0.1) is 0 Å². The Morgan fingerprint density at radius 2 is 1.91 bits per heavy atom. The van der Waals surface area contributed by atoms with Gasteiger partial charge in [0, 0.05) is 19.7 Å². The predicted molar refractivity (Wildman–Crippen MR) is 89.2 cm³/mol. The fourth-order valence-corrected chi connectivity index (χ4v) is 5.19. The van der Waals surface area contributed by atoms with Crippen LogP contribution in [0.3, 0.4) is 0 Å². The van der Waals surface area contributed by atoms with Crippen molar-refractivity contribution in [3.8, 4) is 0 Å². The number of piperidine rings is 1. The SMILES string of the molecule is COCC(=O)N1CC2(CCN(C3CCCC3)CC2)C[C@]1(C)CO. The molecule has 3 fully saturated rings. The largest absolute Gasteiger partial charge is 0.394 e. The fraction of sp³-hybridized carbons (Fsp3) is 0.944. The molecule has 3 rings (SSSR count). The maximum absolute atomic E-state index is 12.4. The molecule has 1 N–H and O–H groups in total. The first kappa shape index (κ1) is 17.2. The smallest absolute Gasteiger partial charge is 0.249 e. The summed E-state index contributed by atoms with van der Waals surface area (Å²) in [5, 5.41) is 9.91. The van der Waals surface area contributed by atoms with E-state index in [1.165, 1.54) is 25.7 Å². The van der Waals surface area contributed by atoms with Crippen molar-refractivity contribution in [1.82, 2.24) is 9.80 Å². The van der Waals surface area contributed by atoms with E-state index in [-0.39, 0.29) is 24.5 Å². The number of carbonyl (C=O) groups is 1. The van der Waals surface area contributed by atoms with Gasteiger partial charge in [0.2, 0.25) is 5.91 Å². The second-order valence-corrected chi connectivity index (χ2v) is 8.22. The molecule has 2 saturated heterocycles. The van der Waals surface area contributed by atoms with Crippen LogP contribution in [0.15, 0.2) is 0 Å². The Morgan fingerprint density at radius 3 is 2.48 bits per heavy atom. The molecule has 5 nitrogen and oxygen atoms in total. The Bertz CT molecular complexity index is 428. The van der Waals surface area contributed by atoms with Gasteiger partial charge < -0.3 is 19.6 Å².